The summed E-state index contributed by atoms with van der Waals surface area (Å²) in [6.07, 6.45) is 0. The highest BCUT2D eigenvalue weighted by Gasteiger charge is 2.17. The van der Waals surface area contributed by atoms with Gasteiger partial charge in [0, 0.05) is 0 Å². The van der Waals surface area contributed by atoms with E-state index in [1.807, 2.05) is 0 Å². The Bertz CT molecular complexity index is 503. The summed E-state index contributed by atoms with van der Waals surface area (Å²) in [4.78, 5) is 32.1. The number of rotatable bonds is 4. The highest BCUT2D eigenvalue weighted by atomic mass is 19.1. The van der Waals surface area contributed by atoms with Gasteiger partial charge >= 0.3 is 12.0 Å². The number of benzene rings is 1. The average Bonchev–Trinajstić information content (AvgIpc) is 2.25. The molecule has 0 spiro atoms. The van der Waals surface area contributed by atoms with E-state index >= 15 is 0 Å². The fourth-order valence-electron chi connectivity index (χ4n) is 1.14. The summed E-state index contributed by atoms with van der Waals surface area (Å²) in [7, 11) is 0. The number of urea groups is 1. The molecule has 0 atom stereocenters. The predicted molar refractivity (Wildman–Crippen MR) is 56.6 cm³/mol. The van der Waals surface area contributed by atoms with Crippen molar-refractivity contribution >= 4 is 17.9 Å². The summed E-state index contributed by atoms with van der Waals surface area (Å²) in [5.41, 5.74) is 4.25. The molecule has 0 aromatic heterocycles. The zero-order valence-electron chi connectivity index (χ0n) is 8.97. The summed E-state index contributed by atoms with van der Waals surface area (Å²) in [6, 6.07) is 2.20. The van der Waals surface area contributed by atoms with Gasteiger partial charge in [-0.1, -0.05) is 6.07 Å². The van der Waals surface area contributed by atoms with E-state index in [0.717, 1.165) is 12.1 Å². The summed E-state index contributed by atoms with van der Waals surface area (Å²) in [5.74, 6) is -3.83. The molecular weight excluding hydrogens is 247 g/mol. The molecule has 0 saturated carbocycles. The fourth-order valence-corrected chi connectivity index (χ4v) is 1.14. The second kappa shape index (κ2) is 5.62. The lowest BCUT2D eigenvalue weighted by atomic mass is 10.2. The molecule has 1 aromatic rings. The van der Waals surface area contributed by atoms with Crippen molar-refractivity contribution in [2.45, 2.75) is 0 Å². The number of para-hydroxylation sites is 1. The van der Waals surface area contributed by atoms with Crippen LogP contribution in [0.5, 0.6) is 5.75 Å². The van der Waals surface area contributed by atoms with Gasteiger partial charge < -0.3 is 15.6 Å². The van der Waals surface area contributed by atoms with Gasteiger partial charge in [-0.3, -0.25) is 10.1 Å². The topological polar surface area (TPSA) is 119 Å². The van der Waals surface area contributed by atoms with E-state index in [1.165, 1.54) is 6.07 Å². The van der Waals surface area contributed by atoms with Gasteiger partial charge in [-0.15, -0.1) is 0 Å². The SMILES string of the molecule is NC(=O)NC(=O)COc1c(F)cccc1C(=O)O. The lowest BCUT2D eigenvalue weighted by Crippen LogP contribution is -2.38. The molecule has 18 heavy (non-hydrogen) atoms. The van der Waals surface area contributed by atoms with Gasteiger partial charge in [-0.25, -0.2) is 14.0 Å². The van der Waals surface area contributed by atoms with Gasteiger partial charge in [0.1, 0.15) is 5.56 Å². The number of halogens is 1. The van der Waals surface area contributed by atoms with Crippen LogP contribution in [0.15, 0.2) is 18.2 Å². The predicted octanol–water partition coefficient (Wildman–Crippen LogP) is 0.0976. The van der Waals surface area contributed by atoms with Gasteiger partial charge in [-0.05, 0) is 12.1 Å². The van der Waals surface area contributed by atoms with Gasteiger partial charge in [0.25, 0.3) is 5.91 Å². The van der Waals surface area contributed by atoms with Crippen LogP contribution in [-0.4, -0.2) is 29.6 Å². The third kappa shape index (κ3) is 3.44. The Morgan fingerprint density at radius 2 is 2.06 bits per heavy atom. The number of aromatic carboxylic acids is 1. The Kier molecular flexibility index (Phi) is 4.19. The van der Waals surface area contributed by atoms with Crippen LogP contribution in [0.4, 0.5) is 9.18 Å². The number of ether oxygens (including phenoxy) is 1. The molecule has 3 amide bonds. The van der Waals surface area contributed by atoms with E-state index in [4.69, 9.17) is 9.84 Å². The molecule has 7 nitrogen and oxygen atoms in total. The van der Waals surface area contributed by atoms with Crippen molar-refractivity contribution in [1.82, 2.24) is 5.32 Å². The van der Waals surface area contributed by atoms with Crippen molar-refractivity contribution < 1.29 is 28.6 Å². The quantitative estimate of drug-likeness (QED) is 0.705. The van der Waals surface area contributed by atoms with Crippen molar-refractivity contribution in [2.24, 2.45) is 5.73 Å². The molecule has 0 aliphatic rings. The van der Waals surface area contributed by atoms with Crippen LogP contribution in [-0.2, 0) is 4.79 Å². The standard InChI is InChI=1S/C10H9FN2O5/c11-6-3-1-2-5(9(15)16)8(6)18-4-7(14)13-10(12)17/h1-3H,4H2,(H,15,16)(H3,12,13,14,17). The normalized spacial score (nSPS) is 9.61. The number of carbonyl (C=O) groups excluding carboxylic acids is 2. The van der Waals surface area contributed by atoms with Gasteiger partial charge in [0.15, 0.2) is 18.2 Å². The number of hydrogen-bond acceptors (Lipinski definition) is 4. The van der Waals surface area contributed by atoms with E-state index in [-0.39, 0.29) is 0 Å². The lowest BCUT2D eigenvalue weighted by molar-refractivity contribution is -0.122. The molecule has 1 rings (SSSR count). The zero-order chi connectivity index (χ0) is 13.7. The first-order chi connectivity index (χ1) is 8.41. The highest BCUT2D eigenvalue weighted by molar-refractivity contribution is 5.94. The Hall–Kier alpha value is -2.64. The first-order valence-electron chi connectivity index (χ1n) is 4.65. The molecular formula is C10H9FN2O5. The molecule has 1 aromatic carbocycles. The van der Waals surface area contributed by atoms with Crippen molar-refractivity contribution in [3.8, 4) is 5.75 Å². The number of imide groups is 1. The summed E-state index contributed by atoms with van der Waals surface area (Å²) in [5, 5.41) is 10.5. The Morgan fingerprint density at radius 1 is 1.39 bits per heavy atom. The molecule has 8 heteroatoms. The van der Waals surface area contributed by atoms with Gasteiger partial charge in [-0.2, -0.15) is 0 Å². The first-order valence-corrected chi connectivity index (χ1v) is 4.65. The molecule has 0 unspecified atom stereocenters. The van der Waals surface area contributed by atoms with Crippen molar-refractivity contribution in [3.63, 3.8) is 0 Å². The molecule has 0 aliphatic carbocycles. The van der Waals surface area contributed by atoms with Crippen LogP contribution in [0.1, 0.15) is 10.4 Å². The largest absolute Gasteiger partial charge is 0.480 e. The maximum Gasteiger partial charge on any atom is 0.339 e. The number of primary amides is 1. The zero-order valence-corrected chi connectivity index (χ0v) is 8.97. The monoisotopic (exact) mass is 256 g/mol. The minimum absolute atomic E-state index is 0.429. The number of amides is 3. The number of carboxylic acid groups (broad SMARTS) is 1. The second-order valence-electron chi connectivity index (χ2n) is 3.12. The lowest BCUT2D eigenvalue weighted by Gasteiger charge is -2.09. The van der Waals surface area contributed by atoms with E-state index < -0.39 is 41.6 Å². The van der Waals surface area contributed by atoms with Crippen LogP contribution >= 0.6 is 0 Å². The van der Waals surface area contributed by atoms with E-state index in [1.54, 1.807) is 5.32 Å². The highest BCUT2D eigenvalue weighted by Crippen LogP contribution is 2.22. The maximum absolute atomic E-state index is 13.3. The maximum atomic E-state index is 13.3. The molecule has 0 fully saturated rings. The Balaban J connectivity index is 2.81. The molecule has 0 aliphatic heterocycles. The third-order valence-electron chi connectivity index (χ3n) is 1.81. The Morgan fingerprint density at radius 3 is 2.61 bits per heavy atom. The first kappa shape index (κ1) is 13.4. The molecule has 0 radical (unpaired) electrons. The minimum Gasteiger partial charge on any atom is -0.480 e. The molecule has 0 bridgehead atoms. The minimum atomic E-state index is -1.40. The average molecular weight is 256 g/mol. The molecule has 0 saturated heterocycles. The van der Waals surface area contributed by atoms with Crippen LogP contribution in [0, 0.1) is 5.82 Å². The third-order valence-corrected chi connectivity index (χ3v) is 1.81. The van der Waals surface area contributed by atoms with Crippen molar-refractivity contribution in [3.05, 3.63) is 29.6 Å². The van der Waals surface area contributed by atoms with Crippen molar-refractivity contribution in [1.29, 1.82) is 0 Å². The smallest absolute Gasteiger partial charge is 0.339 e. The summed E-state index contributed by atoms with van der Waals surface area (Å²) >= 11 is 0. The molecule has 96 valence electrons. The van der Waals surface area contributed by atoms with Crippen molar-refractivity contribution in [2.75, 3.05) is 6.61 Å². The van der Waals surface area contributed by atoms with Crippen LogP contribution in [0.25, 0.3) is 0 Å². The summed E-state index contributed by atoms with van der Waals surface area (Å²) in [6.45, 7) is -0.732. The van der Waals surface area contributed by atoms with E-state index in [2.05, 4.69) is 5.73 Å². The fraction of sp³-hybridized carbons (Fsp3) is 0.100. The molecule has 4 N–H and O–H groups in total. The Labute approximate surface area is 100 Å². The van der Waals surface area contributed by atoms with Gasteiger partial charge in [0.2, 0.25) is 0 Å². The second-order valence-corrected chi connectivity index (χ2v) is 3.12. The number of nitrogens with two attached hydrogens (primary N) is 1. The summed E-state index contributed by atoms with van der Waals surface area (Å²) < 4.78 is 18.0. The van der Waals surface area contributed by atoms with E-state index in [0.29, 0.717) is 0 Å². The van der Waals surface area contributed by atoms with Crippen LogP contribution in [0.3, 0.4) is 0 Å². The van der Waals surface area contributed by atoms with Gasteiger partial charge in [0.05, 0.1) is 0 Å². The number of carbonyl (C=O) groups is 3. The van der Waals surface area contributed by atoms with E-state index in [9.17, 15) is 18.8 Å². The number of carboxylic acids is 1. The molecule has 0 heterocycles. The van der Waals surface area contributed by atoms with Crippen LogP contribution < -0.4 is 15.8 Å². The number of hydrogen-bond donors (Lipinski definition) is 3. The number of nitrogens with one attached hydrogen (secondary N) is 1. The van der Waals surface area contributed by atoms with Crippen LogP contribution in [0.2, 0.25) is 0 Å².